The lowest BCUT2D eigenvalue weighted by atomic mass is 10.2. The normalized spacial score (nSPS) is 24.8. The van der Waals surface area contributed by atoms with E-state index in [0.717, 1.165) is 32.4 Å². The van der Waals surface area contributed by atoms with Gasteiger partial charge in [0.15, 0.2) is 9.84 Å². The maximum Gasteiger partial charge on any atom is 0.154 e. The zero-order chi connectivity index (χ0) is 12.0. The van der Waals surface area contributed by atoms with Crippen molar-refractivity contribution in [3.8, 4) is 0 Å². The lowest BCUT2D eigenvalue weighted by Crippen LogP contribution is -2.40. The van der Waals surface area contributed by atoms with Gasteiger partial charge in [-0.2, -0.15) is 0 Å². The standard InChI is InChI=1S/C11H24N2O2S/c1-10(2)13-7-6-12-9-11-5-3-4-8-16(11,14)15/h10-13H,3-9H2,1-2H3. The molecule has 0 bridgehead atoms. The number of sulfone groups is 1. The molecule has 96 valence electrons. The molecule has 16 heavy (non-hydrogen) atoms. The van der Waals surface area contributed by atoms with Crippen LogP contribution in [0.3, 0.4) is 0 Å². The molecule has 1 unspecified atom stereocenters. The molecule has 0 aromatic heterocycles. The van der Waals surface area contributed by atoms with Crippen LogP contribution in [0.5, 0.6) is 0 Å². The summed E-state index contributed by atoms with van der Waals surface area (Å²) in [6, 6.07) is 0.486. The summed E-state index contributed by atoms with van der Waals surface area (Å²) in [5.74, 6) is 0.379. The van der Waals surface area contributed by atoms with Crippen molar-refractivity contribution < 1.29 is 8.42 Å². The maximum atomic E-state index is 11.7. The average Bonchev–Trinajstić information content (AvgIpc) is 2.19. The predicted molar refractivity (Wildman–Crippen MR) is 67.4 cm³/mol. The molecule has 0 radical (unpaired) electrons. The van der Waals surface area contributed by atoms with Crippen LogP contribution in [0.2, 0.25) is 0 Å². The van der Waals surface area contributed by atoms with Gasteiger partial charge in [-0.3, -0.25) is 0 Å². The second-order valence-electron chi connectivity index (χ2n) is 4.80. The van der Waals surface area contributed by atoms with Gasteiger partial charge in [-0.05, 0) is 12.8 Å². The van der Waals surface area contributed by atoms with Gasteiger partial charge in [-0.1, -0.05) is 20.3 Å². The summed E-state index contributed by atoms with van der Waals surface area (Å²) < 4.78 is 23.4. The molecule has 2 N–H and O–H groups in total. The van der Waals surface area contributed by atoms with E-state index in [9.17, 15) is 8.42 Å². The maximum absolute atomic E-state index is 11.7. The van der Waals surface area contributed by atoms with Crippen LogP contribution in [0.15, 0.2) is 0 Å². The average molecular weight is 248 g/mol. The van der Waals surface area contributed by atoms with Crippen molar-refractivity contribution in [2.75, 3.05) is 25.4 Å². The summed E-state index contributed by atoms with van der Waals surface area (Å²) in [7, 11) is -2.81. The molecule has 0 spiro atoms. The van der Waals surface area contributed by atoms with E-state index < -0.39 is 9.84 Å². The van der Waals surface area contributed by atoms with Crippen LogP contribution in [0.4, 0.5) is 0 Å². The highest BCUT2D eigenvalue weighted by molar-refractivity contribution is 7.92. The molecule has 5 heteroatoms. The van der Waals surface area contributed by atoms with Crippen LogP contribution < -0.4 is 10.6 Å². The molecule has 1 rings (SSSR count). The molecular weight excluding hydrogens is 224 g/mol. The van der Waals surface area contributed by atoms with E-state index in [-0.39, 0.29) is 5.25 Å². The first-order chi connectivity index (χ1) is 7.52. The molecule has 0 aliphatic carbocycles. The summed E-state index contributed by atoms with van der Waals surface area (Å²) in [5, 5.41) is 6.36. The van der Waals surface area contributed by atoms with Crippen LogP contribution in [0.25, 0.3) is 0 Å². The fraction of sp³-hybridized carbons (Fsp3) is 1.00. The Balaban J connectivity index is 2.17. The highest BCUT2D eigenvalue weighted by atomic mass is 32.2. The van der Waals surface area contributed by atoms with Crippen molar-refractivity contribution in [3.63, 3.8) is 0 Å². The summed E-state index contributed by atoms with van der Waals surface area (Å²) in [6.07, 6.45) is 2.72. The number of hydrogen-bond acceptors (Lipinski definition) is 4. The molecule has 1 saturated heterocycles. The molecule has 0 amide bonds. The highest BCUT2D eigenvalue weighted by Crippen LogP contribution is 2.18. The summed E-state index contributed by atoms with van der Waals surface area (Å²) >= 11 is 0. The second-order valence-corrected chi connectivity index (χ2v) is 7.20. The van der Waals surface area contributed by atoms with Gasteiger partial charge in [0.25, 0.3) is 0 Å². The molecule has 1 heterocycles. The SMILES string of the molecule is CC(C)NCCNCC1CCCCS1(=O)=O. The van der Waals surface area contributed by atoms with Crippen molar-refractivity contribution in [3.05, 3.63) is 0 Å². The summed E-state index contributed by atoms with van der Waals surface area (Å²) in [4.78, 5) is 0. The van der Waals surface area contributed by atoms with E-state index in [0.29, 0.717) is 18.3 Å². The van der Waals surface area contributed by atoms with Crippen LogP contribution in [-0.2, 0) is 9.84 Å². The Labute approximate surface area is 99.1 Å². The van der Waals surface area contributed by atoms with Gasteiger partial charge >= 0.3 is 0 Å². The molecule has 1 aliphatic heterocycles. The molecule has 0 aromatic carbocycles. The van der Waals surface area contributed by atoms with Crippen molar-refractivity contribution >= 4 is 9.84 Å². The first-order valence-corrected chi connectivity index (χ1v) is 7.89. The van der Waals surface area contributed by atoms with Gasteiger partial charge in [0, 0.05) is 25.7 Å². The molecule has 1 aliphatic rings. The van der Waals surface area contributed by atoms with Gasteiger partial charge in [0.1, 0.15) is 0 Å². The third-order valence-electron chi connectivity index (χ3n) is 2.94. The molecule has 1 atom stereocenters. The Morgan fingerprint density at radius 3 is 2.62 bits per heavy atom. The zero-order valence-corrected chi connectivity index (χ0v) is 11.1. The van der Waals surface area contributed by atoms with Gasteiger partial charge in [-0.25, -0.2) is 8.42 Å². The minimum atomic E-state index is -2.81. The lowest BCUT2D eigenvalue weighted by Gasteiger charge is -2.22. The van der Waals surface area contributed by atoms with E-state index in [1.54, 1.807) is 0 Å². The fourth-order valence-electron chi connectivity index (χ4n) is 1.96. The molecule has 0 saturated carbocycles. The van der Waals surface area contributed by atoms with E-state index in [4.69, 9.17) is 0 Å². The molecule has 1 fully saturated rings. The minimum absolute atomic E-state index is 0.153. The quantitative estimate of drug-likeness (QED) is 0.674. The van der Waals surface area contributed by atoms with Crippen molar-refractivity contribution in [2.45, 2.75) is 44.4 Å². The van der Waals surface area contributed by atoms with Gasteiger partial charge in [0.2, 0.25) is 0 Å². The third-order valence-corrected chi connectivity index (χ3v) is 5.22. The lowest BCUT2D eigenvalue weighted by molar-refractivity contribution is 0.508. The highest BCUT2D eigenvalue weighted by Gasteiger charge is 2.27. The molecule has 4 nitrogen and oxygen atoms in total. The largest absolute Gasteiger partial charge is 0.314 e. The number of nitrogens with one attached hydrogen (secondary N) is 2. The number of rotatable bonds is 6. The monoisotopic (exact) mass is 248 g/mol. The third kappa shape index (κ3) is 4.80. The predicted octanol–water partition coefficient (Wildman–Crippen LogP) is 0.541. The first kappa shape index (κ1) is 13.9. The van der Waals surface area contributed by atoms with Gasteiger partial charge < -0.3 is 10.6 Å². The van der Waals surface area contributed by atoms with Crippen molar-refractivity contribution in [1.29, 1.82) is 0 Å². The van der Waals surface area contributed by atoms with Crippen LogP contribution in [-0.4, -0.2) is 45.1 Å². The van der Waals surface area contributed by atoms with E-state index in [1.165, 1.54) is 0 Å². The Morgan fingerprint density at radius 1 is 1.25 bits per heavy atom. The Bertz CT molecular complexity index is 288. The van der Waals surface area contributed by atoms with Crippen LogP contribution in [0.1, 0.15) is 33.1 Å². The summed E-state index contributed by atoms with van der Waals surface area (Å²) in [6.45, 7) is 6.55. The van der Waals surface area contributed by atoms with Crippen molar-refractivity contribution in [1.82, 2.24) is 10.6 Å². The Hall–Kier alpha value is -0.130. The Morgan fingerprint density at radius 2 is 2.00 bits per heavy atom. The summed E-state index contributed by atoms with van der Waals surface area (Å²) in [5.41, 5.74) is 0. The fourth-order valence-corrected chi connectivity index (χ4v) is 3.80. The minimum Gasteiger partial charge on any atom is -0.314 e. The first-order valence-electron chi connectivity index (χ1n) is 6.18. The van der Waals surface area contributed by atoms with Crippen molar-refractivity contribution in [2.24, 2.45) is 0 Å². The smallest absolute Gasteiger partial charge is 0.154 e. The van der Waals surface area contributed by atoms with Gasteiger partial charge in [0.05, 0.1) is 11.0 Å². The molecule has 0 aromatic rings. The van der Waals surface area contributed by atoms with Gasteiger partial charge in [-0.15, -0.1) is 0 Å². The van der Waals surface area contributed by atoms with E-state index in [2.05, 4.69) is 24.5 Å². The van der Waals surface area contributed by atoms with E-state index >= 15 is 0 Å². The number of hydrogen-bond donors (Lipinski definition) is 2. The van der Waals surface area contributed by atoms with Crippen LogP contribution >= 0.6 is 0 Å². The zero-order valence-electron chi connectivity index (χ0n) is 10.3. The molecular formula is C11H24N2O2S. The second kappa shape index (κ2) is 6.57. The van der Waals surface area contributed by atoms with E-state index in [1.807, 2.05) is 0 Å². The topological polar surface area (TPSA) is 58.2 Å². The Kier molecular flexibility index (Phi) is 5.72. The van der Waals surface area contributed by atoms with Crippen LogP contribution in [0, 0.1) is 0 Å².